The summed E-state index contributed by atoms with van der Waals surface area (Å²) in [5.74, 6) is 3.27. The van der Waals surface area contributed by atoms with Gasteiger partial charge in [0.15, 0.2) is 0 Å². The lowest BCUT2D eigenvalue weighted by atomic mass is 9.91. The first kappa shape index (κ1) is 6.21. The number of alkyl halides is 1. The fraction of sp³-hybridized carbons (Fsp3) is 1.00. The van der Waals surface area contributed by atoms with Gasteiger partial charge in [-0.05, 0) is 37.0 Å². The molecule has 0 N–H and O–H groups in total. The summed E-state index contributed by atoms with van der Waals surface area (Å²) in [4.78, 5) is 0. The molecule has 0 aromatic heterocycles. The first-order chi connectivity index (χ1) is 4.40. The number of rotatable bonds is 1. The Balaban J connectivity index is 2.01. The highest BCUT2D eigenvalue weighted by Gasteiger charge is 2.38. The van der Waals surface area contributed by atoms with E-state index in [1.807, 2.05) is 0 Å². The van der Waals surface area contributed by atoms with E-state index in [1.165, 1.54) is 24.6 Å². The van der Waals surface area contributed by atoms with E-state index < -0.39 is 0 Å². The summed E-state index contributed by atoms with van der Waals surface area (Å²) in [7, 11) is 0. The predicted octanol–water partition coefficient (Wildman–Crippen LogP) is 2.82. The molecule has 2 saturated carbocycles. The zero-order chi connectivity index (χ0) is 6.27. The van der Waals surface area contributed by atoms with Crippen LogP contribution in [0.3, 0.4) is 0 Å². The molecule has 0 nitrogen and oxygen atoms in total. The van der Waals surface area contributed by atoms with E-state index in [0.717, 1.165) is 17.8 Å². The summed E-state index contributed by atoms with van der Waals surface area (Å²) in [6.07, 6.45) is 6.14. The molecule has 0 aliphatic heterocycles. The summed E-state index contributed by atoms with van der Waals surface area (Å²) in [6.45, 7) is 0. The van der Waals surface area contributed by atoms with Crippen molar-refractivity contribution in [2.24, 2.45) is 17.8 Å². The molecule has 3 atom stereocenters. The third-order valence-electron chi connectivity index (χ3n) is 3.08. The van der Waals surface area contributed by atoms with Gasteiger partial charge >= 0.3 is 0 Å². The van der Waals surface area contributed by atoms with Crippen LogP contribution in [0.5, 0.6) is 0 Å². The van der Waals surface area contributed by atoms with Crippen molar-refractivity contribution in [2.75, 3.05) is 5.33 Å². The number of hydrogen-bond acceptors (Lipinski definition) is 0. The minimum Gasteiger partial charge on any atom is -0.0925 e. The van der Waals surface area contributed by atoms with Gasteiger partial charge in [-0.1, -0.05) is 22.4 Å². The average molecular weight is 189 g/mol. The molecule has 2 aliphatic carbocycles. The Bertz CT molecular complexity index is 111. The number of halogens is 1. The van der Waals surface area contributed by atoms with Gasteiger partial charge in [-0.25, -0.2) is 0 Å². The normalized spacial score (nSPS) is 48.3. The van der Waals surface area contributed by atoms with Crippen LogP contribution in [0, 0.1) is 17.8 Å². The minimum absolute atomic E-state index is 1.05. The molecule has 0 radical (unpaired) electrons. The molecule has 0 spiro atoms. The smallest absolute Gasteiger partial charge is 0.00624 e. The van der Waals surface area contributed by atoms with Crippen molar-refractivity contribution >= 4 is 15.9 Å². The predicted molar refractivity (Wildman–Crippen MR) is 42.7 cm³/mol. The Morgan fingerprint density at radius 1 is 1.22 bits per heavy atom. The van der Waals surface area contributed by atoms with Crippen molar-refractivity contribution in [1.82, 2.24) is 0 Å². The van der Waals surface area contributed by atoms with E-state index in [9.17, 15) is 0 Å². The molecule has 0 amide bonds. The first-order valence-electron chi connectivity index (χ1n) is 3.96. The van der Waals surface area contributed by atoms with E-state index in [0.29, 0.717) is 0 Å². The van der Waals surface area contributed by atoms with Gasteiger partial charge in [0.2, 0.25) is 0 Å². The fourth-order valence-corrected chi connectivity index (χ4v) is 3.36. The zero-order valence-electron chi connectivity index (χ0n) is 5.65. The molecule has 2 rings (SSSR count). The summed E-state index contributed by atoms with van der Waals surface area (Å²) in [6, 6.07) is 0. The van der Waals surface area contributed by atoms with Crippen LogP contribution in [-0.4, -0.2) is 5.33 Å². The van der Waals surface area contributed by atoms with Gasteiger partial charge in [-0.2, -0.15) is 0 Å². The Morgan fingerprint density at radius 3 is 2.44 bits per heavy atom. The Kier molecular flexibility index (Phi) is 1.56. The van der Waals surface area contributed by atoms with E-state index in [4.69, 9.17) is 0 Å². The van der Waals surface area contributed by atoms with E-state index >= 15 is 0 Å². The van der Waals surface area contributed by atoms with Crippen LogP contribution in [0.25, 0.3) is 0 Å². The second-order valence-corrected chi connectivity index (χ2v) is 4.24. The first-order valence-corrected chi connectivity index (χ1v) is 5.08. The van der Waals surface area contributed by atoms with Crippen LogP contribution < -0.4 is 0 Å². The van der Waals surface area contributed by atoms with Gasteiger partial charge in [-0.15, -0.1) is 0 Å². The molecule has 2 bridgehead atoms. The summed E-state index contributed by atoms with van der Waals surface area (Å²) < 4.78 is 0. The molecule has 0 saturated heterocycles. The van der Waals surface area contributed by atoms with Gasteiger partial charge in [0.05, 0.1) is 0 Å². The van der Waals surface area contributed by atoms with Gasteiger partial charge < -0.3 is 0 Å². The highest BCUT2D eigenvalue weighted by atomic mass is 79.9. The molecule has 0 aromatic carbocycles. The number of fused-ring (bicyclic) bond motifs is 2. The van der Waals surface area contributed by atoms with Gasteiger partial charge in [0.25, 0.3) is 0 Å². The lowest BCUT2D eigenvalue weighted by Crippen LogP contribution is -2.10. The molecule has 0 aromatic rings. The molecule has 2 aliphatic rings. The molecular weight excluding hydrogens is 176 g/mol. The third kappa shape index (κ3) is 0.938. The summed E-state index contributed by atoms with van der Waals surface area (Å²) >= 11 is 3.58. The highest BCUT2D eigenvalue weighted by molar-refractivity contribution is 9.09. The second kappa shape index (κ2) is 2.26. The SMILES string of the molecule is BrC[C@H]1C[C@H]2CC[C@@H]1C2. The molecular formula is C8H13Br. The maximum atomic E-state index is 3.58. The summed E-state index contributed by atoms with van der Waals surface area (Å²) in [5.41, 5.74) is 0. The third-order valence-corrected chi connectivity index (χ3v) is 3.91. The van der Waals surface area contributed by atoms with Crippen molar-refractivity contribution in [2.45, 2.75) is 25.7 Å². The van der Waals surface area contributed by atoms with Gasteiger partial charge in [0, 0.05) is 5.33 Å². The van der Waals surface area contributed by atoms with Crippen LogP contribution >= 0.6 is 15.9 Å². The second-order valence-electron chi connectivity index (χ2n) is 3.59. The van der Waals surface area contributed by atoms with E-state index in [1.54, 1.807) is 6.42 Å². The molecule has 9 heavy (non-hydrogen) atoms. The van der Waals surface area contributed by atoms with E-state index in [-0.39, 0.29) is 0 Å². The lowest BCUT2D eigenvalue weighted by Gasteiger charge is -2.18. The molecule has 0 unspecified atom stereocenters. The van der Waals surface area contributed by atoms with Gasteiger partial charge in [0.1, 0.15) is 0 Å². The van der Waals surface area contributed by atoms with Crippen molar-refractivity contribution in [3.8, 4) is 0 Å². The molecule has 2 fully saturated rings. The number of hydrogen-bond donors (Lipinski definition) is 0. The Morgan fingerprint density at radius 2 is 2.11 bits per heavy atom. The van der Waals surface area contributed by atoms with Crippen LogP contribution in [0.2, 0.25) is 0 Å². The molecule has 1 heteroatoms. The fourth-order valence-electron chi connectivity index (χ4n) is 2.57. The quantitative estimate of drug-likeness (QED) is 0.556. The molecule has 52 valence electrons. The monoisotopic (exact) mass is 188 g/mol. The van der Waals surface area contributed by atoms with Crippen molar-refractivity contribution < 1.29 is 0 Å². The van der Waals surface area contributed by atoms with Crippen molar-refractivity contribution in [3.05, 3.63) is 0 Å². The zero-order valence-corrected chi connectivity index (χ0v) is 7.23. The molecule has 0 heterocycles. The largest absolute Gasteiger partial charge is 0.0925 e. The lowest BCUT2D eigenvalue weighted by molar-refractivity contribution is 0.367. The van der Waals surface area contributed by atoms with Crippen molar-refractivity contribution in [3.63, 3.8) is 0 Å². The topological polar surface area (TPSA) is 0 Å². The van der Waals surface area contributed by atoms with Crippen LogP contribution in [0.1, 0.15) is 25.7 Å². The Hall–Kier alpha value is 0.480. The van der Waals surface area contributed by atoms with Crippen LogP contribution in [-0.2, 0) is 0 Å². The Labute approximate surface area is 65.1 Å². The van der Waals surface area contributed by atoms with Gasteiger partial charge in [-0.3, -0.25) is 0 Å². The van der Waals surface area contributed by atoms with Crippen LogP contribution in [0.15, 0.2) is 0 Å². The minimum atomic E-state index is 1.05. The standard InChI is InChI=1S/C8H13Br/c9-5-8-4-6-1-2-7(8)3-6/h6-8H,1-5H2/t6-,7+,8+/m0/s1. The maximum Gasteiger partial charge on any atom is 0.00624 e. The summed E-state index contributed by atoms with van der Waals surface area (Å²) in [5, 5.41) is 1.26. The van der Waals surface area contributed by atoms with Crippen LogP contribution in [0.4, 0.5) is 0 Å². The van der Waals surface area contributed by atoms with Crippen molar-refractivity contribution in [1.29, 1.82) is 0 Å². The average Bonchev–Trinajstić information content (AvgIpc) is 2.45. The van der Waals surface area contributed by atoms with E-state index in [2.05, 4.69) is 15.9 Å². The highest BCUT2D eigenvalue weighted by Crippen LogP contribution is 2.48. The maximum absolute atomic E-state index is 3.58.